The van der Waals surface area contributed by atoms with E-state index in [0.29, 0.717) is 10.1 Å². The SMILES string of the molecule is CCOC(=O)CCCOP(=O)(OCCCC(=O)OCC)C(F)(F)c1ccc2sc(C(=O)OCc3ccccc3)cc2c1. The van der Waals surface area contributed by atoms with Crippen LogP contribution in [0.1, 0.15) is 60.3 Å². The summed E-state index contributed by atoms with van der Waals surface area (Å²) in [6.07, 6.45) is -0.287. The van der Waals surface area contributed by atoms with E-state index in [1.54, 1.807) is 13.8 Å². The van der Waals surface area contributed by atoms with Crippen LogP contribution in [0.15, 0.2) is 54.6 Å². The first-order chi connectivity index (χ1) is 20.1. The van der Waals surface area contributed by atoms with Crippen LogP contribution in [0.25, 0.3) is 10.1 Å². The van der Waals surface area contributed by atoms with Crippen molar-refractivity contribution in [3.05, 3.63) is 70.6 Å². The maximum Gasteiger partial charge on any atom is 0.404 e. The van der Waals surface area contributed by atoms with Crippen molar-refractivity contribution < 1.29 is 51.0 Å². The van der Waals surface area contributed by atoms with Gasteiger partial charge in [0.15, 0.2) is 0 Å². The van der Waals surface area contributed by atoms with Gasteiger partial charge in [0.05, 0.1) is 26.4 Å². The molecule has 0 unspecified atom stereocenters. The summed E-state index contributed by atoms with van der Waals surface area (Å²) in [7, 11) is -5.16. The second kappa shape index (κ2) is 15.9. The van der Waals surface area contributed by atoms with Gasteiger partial charge in [0.25, 0.3) is 0 Å². The van der Waals surface area contributed by atoms with Gasteiger partial charge in [0.2, 0.25) is 0 Å². The highest BCUT2D eigenvalue weighted by Gasteiger charge is 2.55. The van der Waals surface area contributed by atoms with E-state index in [2.05, 4.69) is 0 Å². The highest BCUT2D eigenvalue weighted by Crippen LogP contribution is 2.67. The zero-order valence-electron chi connectivity index (χ0n) is 23.3. The van der Waals surface area contributed by atoms with Crippen LogP contribution in [0.2, 0.25) is 0 Å². The highest BCUT2D eigenvalue weighted by atomic mass is 32.1. The van der Waals surface area contributed by atoms with Crippen molar-refractivity contribution in [2.45, 2.75) is 51.8 Å². The average Bonchev–Trinajstić information content (AvgIpc) is 3.41. The number of fused-ring (bicyclic) bond motifs is 1. The highest BCUT2D eigenvalue weighted by molar-refractivity contribution is 7.54. The Bertz CT molecular complexity index is 1360. The molecule has 13 heteroatoms. The monoisotopic (exact) mass is 626 g/mol. The Morgan fingerprint density at radius 3 is 2.00 bits per heavy atom. The van der Waals surface area contributed by atoms with Crippen molar-refractivity contribution in [1.29, 1.82) is 0 Å². The number of esters is 3. The number of hydrogen-bond acceptors (Lipinski definition) is 10. The number of halogens is 2. The summed E-state index contributed by atoms with van der Waals surface area (Å²) >= 11 is 1.08. The maximum absolute atomic E-state index is 15.8. The number of hydrogen-bond donors (Lipinski definition) is 0. The molecule has 0 aliphatic carbocycles. The van der Waals surface area contributed by atoms with Crippen LogP contribution >= 0.6 is 18.9 Å². The second-order valence-electron chi connectivity index (χ2n) is 8.95. The third-order valence-corrected chi connectivity index (χ3v) is 8.89. The van der Waals surface area contributed by atoms with Crippen LogP contribution in [-0.4, -0.2) is 44.3 Å². The topological polar surface area (TPSA) is 114 Å². The number of thiophene rings is 1. The molecule has 0 saturated carbocycles. The molecule has 42 heavy (non-hydrogen) atoms. The molecule has 0 aliphatic rings. The molecule has 228 valence electrons. The third kappa shape index (κ3) is 9.16. The lowest BCUT2D eigenvalue weighted by Gasteiger charge is -2.27. The van der Waals surface area contributed by atoms with Crippen LogP contribution in [0.5, 0.6) is 0 Å². The zero-order chi connectivity index (χ0) is 30.6. The maximum atomic E-state index is 15.8. The molecule has 1 aromatic heterocycles. The van der Waals surface area contributed by atoms with Gasteiger partial charge in [-0.1, -0.05) is 36.4 Å². The minimum Gasteiger partial charge on any atom is -0.466 e. The fourth-order valence-corrected chi connectivity index (χ4v) is 6.28. The molecule has 0 N–H and O–H groups in total. The van der Waals surface area contributed by atoms with E-state index in [4.69, 9.17) is 23.3 Å². The molecule has 0 spiro atoms. The quantitative estimate of drug-likeness (QED) is 0.0663. The standard InChI is InChI=1S/C29H33F2O9PS/c1-3-36-26(32)12-8-16-39-41(35,40-17-9-13-27(33)37-4-2)29(30,31)23-14-15-24-22(18-23)19-25(42-24)28(34)38-20-21-10-6-5-7-11-21/h5-7,10-11,14-15,18-19H,3-4,8-9,12-13,16-17,20H2,1-2H3. The fourth-order valence-electron chi connectivity index (χ4n) is 3.75. The van der Waals surface area contributed by atoms with Crippen molar-refractivity contribution in [3.8, 4) is 0 Å². The molecule has 9 nitrogen and oxygen atoms in total. The van der Waals surface area contributed by atoms with Gasteiger partial charge in [-0.2, -0.15) is 8.78 Å². The molecule has 3 aromatic rings. The number of rotatable bonds is 17. The number of ether oxygens (including phenoxy) is 3. The van der Waals surface area contributed by atoms with Crippen LogP contribution in [0.4, 0.5) is 8.78 Å². The lowest BCUT2D eigenvalue weighted by atomic mass is 10.1. The summed E-state index contributed by atoms with van der Waals surface area (Å²) in [5.74, 6) is -1.69. The predicted molar refractivity (Wildman–Crippen MR) is 153 cm³/mol. The minimum absolute atomic E-state index is 0.0247. The number of benzene rings is 2. The Balaban J connectivity index is 1.76. The molecule has 1 heterocycles. The zero-order valence-corrected chi connectivity index (χ0v) is 25.1. The number of carbonyl (C=O) groups excluding carboxylic acids is 3. The van der Waals surface area contributed by atoms with Gasteiger partial charge >= 0.3 is 31.2 Å². The molecule has 0 saturated heterocycles. The van der Waals surface area contributed by atoms with E-state index in [0.717, 1.165) is 29.0 Å². The Hall–Kier alpha value is -3.18. The van der Waals surface area contributed by atoms with E-state index in [1.165, 1.54) is 12.1 Å². The smallest absolute Gasteiger partial charge is 0.404 e. The first kappa shape index (κ1) is 33.3. The number of alkyl halides is 2. The van der Waals surface area contributed by atoms with Gasteiger partial charge in [0, 0.05) is 23.1 Å². The van der Waals surface area contributed by atoms with Crippen molar-refractivity contribution in [2.75, 3.05) is 26.4 Å². The molecular formula is C29H33F2O9PS. The molecule has 0 bridgehead atoms. The lowest BCUT2D eigenvalue weighted by molar-refractivity contribution is -0.144. The van der Waals surface area contributed by atoms with Crippen molar-refractivity contribution in [2.24, 2.45) is 0 Å². The van der Waals surface area contributed by atoms with E-state index >= 15 is 8.78 Å². The van der Waals surface area contributed by atoms with E-state index in [9.17, 15) is 18.9 Å². The average molecular weight is 627 g/mol. The summed E-state index contributed by atoms with van der Waals surface area (Å²) in [4.78, 5) is 36.0. The van der Waals surface area contributed by atoms with E-state index in [1.807, 2.05) is 30.3 Å². The van der Waals surface area contributed by atoms with Crippen molar-refractivity contribution in [3.63, 3.8) is 0 Å². The summed E-state index contributed by atoms with van der Waals surface area (Å²) < 4.78 is 71.0. The third-order valence-electron chi connectivity index (χ3n) is 5.81. The molecule has 0 aliphatic heterocycles. The van der Waals surface area contributed by atoms with Crippen molar-refractivity contribution >= 4 is 46.9 Å². The predicted octanol–water partition coefficient (Wildman–Crippen LogP) is 7.22. The Kier molecular flexibility index (Phi) is 12.6. The van der Waals surface area contributed by atoms with Crippen LogP contribution in [-0.2, 0) is 49.7 Å². The second-order valence-corrected chi connectivity index (χ2v) is 12.1. The molecule has 0 amide bonds. The Morgan fingerprint density at radius 2 is 1.43 bits per heavy atom. The summed E-state index contributed by atoms with van der Waals surface area (Å²) in [5.41, 5.74) is -3.93. The molecule has 0 radical (unpaired) electrons. The number of carbonyl (C=O) groups is 3. The fraction of sp³-hybridized carbons (Fsp3) is 0.414. The Labute approximate surface area is 246 Å². The van der Waals surface area contributed by atoms with E-state index < -0.39 is 49.9 Å². The van der Waals surface area contributed by atoms with Gasteiger partial charge in [-0.05, 0) is 55.8 Å². The van der Waals surface area contributed by atoms with Gasteiger partial charge < -0.3 is 23.3 Å². The van der Waals surface area contributed by atoms with Crippen LogP contribution in [0.3, 0.4) is 0 Å². The first-order valence-electron chi connectivity index (χ1n) is 13.4. The van der Waals surface area contributed by atoms with E-state index in [-0.39, 0.29) is 50.4 Å². The molecule has 0 atom stereocenters. The molecule has 2 aromatic carbocycles. The molecule has 3 rings (SSSR count). The molecular weight excluding hydrogens is 593 g/mol. The lowest BCUT2D eigenvalue weighted by Crippen LogP contribution is -2.19. The first-order valence-corrected chi connectivity index (χ1v) is 15.8. The van der Waals surface area contributed by atoms with Crippen LogP contribution in [0, 0.1) is 0 Å². The van der Waals surface area contributed by atoms with Gasteiger partial charge in [-0.3, -0.25) is 14.2 Å². The van der Waals surface area contributed by atoms with Crippen LogP contribution < -0.4 is 0 Å². The molecule has 0 fully saturated rings. The van der Waals surface area contributed by atoms with Gasteiger partial charge in [0.1, 0.15) is 11.5 Å². The normalized spacial score (nSPS) is 11.8. The van der Waals surface area contributed by atoms with Gasteiger partial charge in [-0.15, -0.1) is 11.3 Å². The summed E-state index contributed by atoms with van der Waals surface area (Å²) in [6, 6.07) is 14.1. The van der Waals surface area contributed by atoms with Crippen molar-refractivity contribution in [1.82, 2.24) is 0 Å². The Morgan fingerprint density at radius 1 is 0.833 bits per heavy atom. The van der Waals surface area contributed by atoms with Gasteiger partial charge in [-0.25, -0.2) is 4.79 Å². The summed E-state index contributed by atoms with van der Waals surface area (Å²) in [5, 5.41) is 0.319. The summed E-state index contributed by atoms with van der Waals surface area (Å²) in [6.45, 7) is 2.74. The minimum atomic E-state index is -5.16. The largest absolute Gasteiger partial charge is 0.466 e.